The first-order valence-electron chi connectivity index (χ1n) is 5.32. The van der Waals surface area contributed by atoms with E-state index in [0.717, 1.165) is 17.7 Å². The van der Waals surface area contributed by atoms with E-state index >= 15 is 0 Å². The number of ether oxygens (including phenoxy) is 1. The van der Waals surface area contributed by atoms with Gasteiger partial charge in [-0.05, 0) is 12.8 Å². The minimum absolute atomic E-state index is 0.176. The summed E-state index contributed by atoms with van der Waals surface area (Å²) in [4.78, 5) is 35.2. The van der Waals surface area contributed by atoms with Crippen LogP contribution in [-0.4, -0.2) is 46.5 Å². The highest BCUT2D eigenvalue weighted by molar-refractivity contribution is 6.07. The maximum absolute atomic E-state index is 11.9. The number of amides is 2. The van der Waals surface area contributed by atoms with Crippen LogP contribution in [-0.2, 0) is 19.1 Å². The molecule has 3 rings (SSSR count). The topological polar surface area (TPSA) is 83.9 Å². The molecule has 0 aromatic heterocycles. The molecule has 16 heavy (non-hydrogen) atoms. The van der Waals surface area contributed by atoms with Crippen LogP contribution in [0.5, 0.6) is 0 Å². The number of carbonyl (C=O) groups is 3. The van der Waals surface area contributed by atoms with E-state index in [1.165, 1.54) is 0 Å². The van der Waals surface area contributed by atoms with Crippen molar-refractivity contribution in [1.29, 1.82) is 0 Å². The Kier molecular flexibility index (Phi) is 1.85. The van der Waals surface area contributed by atoms with Gasteiger partial charge in [-0.2, -0.15) is 0 Å². The summed E-state index contributed by atoms with van der Waals surface area (Å²) in [5.41, 5.74) is 0. The van der Waals surface area contributed by atoms with Crippen LogP contribution in [0.4, 0.5) is 0 Å². The molecule has 2 amide bonds. The van der Waals surface area contributed by atoms with E-state index in [0.29, 0.717) is 0 Å². The van der Waals surface area contributed by atoms with Gasteiger partial charge in [0.1, 0.15) is 6.54 Å². The zero-order valence-electron chi connectivity index (χ0n) is 8.46. The van der Waals surface area contributed by atoms with Crippen LogP contribution in [0.25, 0.3) is 0 Å². The summed E-state index contributed by atoms with van der Waals surface area (Å²) in [5.74, 6) is -2.75. The van der Waals surface area contributed by atoms with E-state index in [2.05, 4.69) is 0 Å². The Hall–Kier alpha value is -1.43. The highest BCUT2D eigenvalue weighted by atomic mass is 16.5. The summed E-state index contributed by atoms with van der Waals surface area (Å²) >= 11 is 0. The summed E-state index contributed by atoms with van der Waals surface area (Å²) in [6.45, 7) is -0.524. The number of imide groups is 1. The Morgan fingerprint density at radius 1 is 1.25 bits per heavy atom. The van der Waals surface area contributed by atoms with Crippen molar-refractivity contribution in [2.75, 3.05) is 6.54 Å². The predicted octanol–water partition coefficient (Wildman–Crippen LogP) is -0.767. The molecule has 6 heteroatoms. The quantitative estimate of drug-likeness (QED) is 0.624. The van der Waals surface area contributed by atoms with Crippen molar-refractivity contribution in [1.82, 2.24) is 4.90 Å². The smallest absolute Gasteiger partial charge is 0.323 e. The second kappa shape index (κ2) is 3.04. The number of likely N-dealkylation sites (tertiary alicyclic amines) is 1. The van der Waals surface area contributed by atoms with Crippen molar-refractivity contribution in [3.05, 3.63) is 0 Å². The third-order valence-corrected chi connectivity index (χ3v) is 3.67. The molecule has 0 saturated carbocycles. The lowest BCUT2D eigenvalue weighted by atomic mass is 9.81. The van der Waals surface area contributed by atoms with Gasteiger partial charge in [-0.15, -0.1) is 0 Å². The Bertz CT molecular complexity index is 365. The fourth-order valence-electron chi connectivity index (χ4n) is 3.06. The fourth-order valence-corrected chi connectivity index (χ4v) is 3.06. The van der Waals surface area contributed by atoms with Crippen LogP contribution in [0, 0.1) is 11.8 Å². The molecule has 0 spiro atoms. The van der Waals surface area contributed by atoms with Crippen molar-refractivity contribution in [3.8, 4) is 0 Å². The van der Waals surface area contributed by atoms with Gasteiger partial charge in [0.15, 0.2) is 0 Å². The molecule has 2 bridgehead atoms. The lowest BCUT2D eigenvalue weighted by molar-refractivity contribution is -0.151. The molecule has 0 aromatic rings. The van der Waals surface area contributed by atoms with Crippen LogP contribution < -0.4 is 0 Å². The molecule has 0 aliphatic carbocycles. The highest BCUT2D eigenvalue weighted by Crippen LogP contribution is 2.48. The number of carboxylic acids is 1. The second-order valence-electron chi connectivity index (χ2n) is 4.50. The molecule has 3 heterocycles. The van der Waals surface area contributed by atoms with Crippen LogP contribution in [0.15, 0.2) is 0 Å². The standard InChI is InChI=1S/C10H11NO5/c12-6(13)3-11-9(14)7-4-1-2-5(16-4)8(7)10(11)15/h4-5,7-8H,1-3H2,(H,12,13)/t4-,5-,7+,8+/m1/s1. The van der Waals surface area contributed by atoms with Gasteiger partial charge in [-0.1, -0.05) is 0 Å². The number of hydrogen-bond acceptors (Lipinski definition) is 4. The van der Waals surface area contributed by atoms with Crippen molar-refractivity contribution >= 4 is 17.8 Å². The van der Waals surface area contributed by atoms with E-state index in [9.17, 15) is 14.4 Å². The number of carboxylic acid groups (broad SMARTS) is 1. The molecule has 3 saturated heterocycles. The number of fused-ring (bicyclic) bond motifs is 5. The Morgan fingerprint density at radius 2 is 1.75 bits per heavy atom. The molecule has 3 aliphatic rings. The first-order valence-corrected chi connectivity index (χ1v) is 5.32. The highest BCUT2D eigenvalue weighted by Gasteiger charge is 2.62. The average molecular weight is 225 g/mol. The molecule has 1 N–H and O–H groups in total. The van der Waals surface area contributed by atoms with Gasteiger partial charge in [-0.3, -0.25) is 19.3 Å². The summed E-state index contributed by atoms with van der Waals surface area (Å²) < 4.78 is 5.52. The van der Waals surface area contributed by atoms with Crippen molar-refractivity contribution < 1.29 is 24.2 Å². The zero-order chi connectivity index (χ0) is 11.4. The van der Waals surface area contributed by atoms with Crippen molar-refractivity contribution in [2.24, 2.45) is 11.8 Å². The normalized spacial score (nSPS) is 40.6. The molecular formula is C10H11NO5. The predicted molar refractivity (Wildman–Crippen MR) is 49.2 cm³/mol. The molecular weight excluding hydrogens is 214 g/mol. The molecule has 6 nitrogen and oxygen atoms in total. The number of hydrogen-bond donors (Lipinski definition) is 1. The van der Waals surface area contributed by atoms with E-state index in [4.69, 9.17) is 9.84 Å². The summed E-state index contributed by atoms with van der Waals surface area (Å²) in [7, 11) is 0. The summed E-state index contributed by atoms with van der Waals surface area (Å²) in [5, 5.41) is 8.64. The Morgan fingerprint density at radius 3 is 2.19 bits per heavy atom. The van der Waals surface area contributed by atoms with E-state index in [1.807, 2.05) is 0 Å². The monoisotopic (exact) mass is 225 g/mol. The van der Waals surface area contributed by atoms with Gasteiger partial charge >= 0.3 is 5.97 Å². The van der Waals surface area contributed by atoms with Gasteiger partial charge in [0.05, 0.1) is 24.0 Å². The van der Waals surface area contributed by atoms with Crippen molar-refractivity contribution in [3.63, 3.8) is 0 Å². The third kappa shape index (κ3) is 1.07. The molecule has 3 aliphatic heterocycles. The average Bonchev–Trinajstić information content (AvgIpc) is 2.87. The minimum Gasteiger partial charge on any atom is -0.480 e. The zero-order valence-corrected chi connectivity index (χ0v) is 8.46. The molecule has 3 fully saturated rings. The van der Waals surface area contributed by atoms with Gasteiger partial charge < -0.3 is 9.84 Å². The SMILES string of the molecule is O=C(O)CN1C(=O)[C@@H]2[C@@H](C1=O)[C@H]1CC[C@H]2O1. The van der Waals surface area contributed by atoms with Gasteiger partial charge in [-0.25, -0.2) is 0 Å². The van der Waals surface area contributed by atoms with Crippen LogP contribution in [0.3, 0.4) is 0 Å². The molecule has 4 atom stereocenters. The molecule has 0 unspecified atom stereocenters. The van der Waals surface area contributed by atoms with Gasteiger partial charge in [0.2, 0.25) is 11.8 Å². The van der Waals surface area contributed by atoms with Crippen LogP contribution in [0.1, 0.15) is 12.8 Å². The van der Waals surface area contributed by atoms with Crippen molar-refractivity contribution in [2.45, 2.75) is 25.0 Å². The number of aliphatic carboxylic acids is 1. The first kappa shape index (κ1) is 9.77. The summed E-state index contributed by atoms with van der Waals surface area (Å²) in [6, 6.07) is 0. The van der Waals surface area contributed by atoms with Crippen LogP contribution in [0.2, 0.25) is 0 Å². The number of rotatable bonds is 2. The lowest BCUT2D eigenvalue weighted by Crippen LogP contribution is -2.38. The lowest BCUT2D eigenvalue weighted by Gasteiger charge is -2.15. The van der Waals surface area contributed by atoms with Crippen LogP contribution >= 0.6 is 0 Å². The Balaban J connectivity index is 1.89. The van der Waals surface area contributed by atoms with E-state index in [1.54, 1.807) is 0 Å². The number of carbonyl (C=O) groups excluding carboxylic acids is 2. The molecule has 86 valence electrons. The first-order chi connectivity index (χ1) is 7.59. The Labute approximate surface area is 91.2 Å². The second-order valence-corrected chi connectivity index (χ2v) is 4.50. The minimum atomic E-state index is -1.16. The van der Waals surface area contributed by atoms with Gasteiger partial charge in [0.25, 0.3) is 0 Å². The largest absolute Gasteiger partial charge is 0.480 e. The van der Waals surface area contributed by atoms with E-state index in [-0.39, 0.29) is 24.0 Å². The molecule has 0 radical (unpaired) electrons. The number of nitrogens with zero attached hydrogens (tertiary/aromatic N) is 1. The maximum Gasteiger partial charge on any atom is 0.323 e. The molecule has 0 aromatic carbocycles. The summed E-state index contributed by atoms with van der Waals surface area (Å²) in [6.07, 6.45) is 1.24. The maximum atomic E-state index is 11.9. The fraction of sp³-hybridized carbons (Fsp3) is 0.700. The van der Waals surface area contributed by atoms with E-state index < -0.39 is 24.3 Å². The third-order valence-electron chi connectivity index (χ3n) is 3.67. The van der Waals surface area contributed by atoms with Gasteiger partial charge in [0, 0.05) is 0 Å².